The maximum atomic E-state index is 13.9. The third-order valence-electron chi connectivity index (χ3n) is 5.06. The van der Waals surface area contributed by atoms with Gasteiger partial charge in [0.1, 0.15) is 23.1 Å². The number of nitrogens with zero attached hydrogens (tertiary/aromatic N) is 2. The van der Waals surface area contributed by atoms with Gasteiger partial charge in [0.2, 0.25) is 11.8 Å². The molecule has 160 valence electrons. The number of carbonyl (C=O) groups excluding carboxylic acids is 2. The average Bonchev–Trinajstić information content (AvgIpc) is 3.39. The fourth-order valence-corrected chi connectivity index (χ4v) is 3.44. The Morgan fingerprint density at radius 3 is 2.87 bits per heavy atom. The molecule has 31 heavy (non-hydrogen) atoms. The van der Waals surface area contributed by atoms with Crippen molar-refractivity contribution in [3.8, 4) is 17.1 Å². The van der Waals surface area contributed by atoms with Crippen molar-refractivity contribution < 1.29 is 27.6 Å². The topological polar surface area (TPSA) is 84.7 Å². The predicted octanol–water partition coefficient (Wildman–Crippen LogP) is 3.30. The molecule has 7 nitrogen and oxygen atoms in total. The lowest BCUT2D eigenvalue weighted by atomic mass is 10.1. The van der Waals surface area contributed by atoms with E-state index < -0.39 is 17.6 Å². The van der Waals surface area contributed by atoms with E-state index in [0.29, 0.717) is 17.1 Å². The number of nitrogens with one attached hydrogen (secondary N) is 1. The molecule has 9 heteroatoms. The van der Waals surface area contributed by atoms with Crippen LogP contribution in [0.3, 0.4) is 0 Å². The zero-order valence-corrected chi connectivity index (χ0v) is 16.6. The summed E-state index contributed by atoms with van der Waals surface area (Å²) in [6.07, 6.45) is 0.0912. The fraction of sp³-hybridized carbons (Fsp3) is 0.227. The molecule has 0 spiro atoms. The Kier molecular flexibility index (Phi) is 5.66. The van der Waals surface area contributed by atoms with Gasteiger partial charge in [-0.25, -0.2) is 8.78 Å². The van der Waals surface area contributed by atoms with Crippen molar-refractivity contribution in [1.29, 1.82) is 0 Å². The van der Waals surface area contributed by atoms with E-state index in [1.54, 1.807) is 36.3 Å². The predicted molar refractivity (Wildman–Crippen MR) is 107 cm³/mol. The number of amides is 2. The molecule has 0 aliphatic carbocycles. The van der Waals surface area contributed by atoms with Gasteiger partial charge in [-0.3, -0.25) is 9.59 Å². The molecule has 1 saturated heterocycles. The van der Waals surface area contributed by atoms with Crippen molar-refractivity contribution in [2.24, 2.45) is 5.92 Å². The first-order valence-electron chi connectivity index (χ1n) is 9.57. The van der Waals surface area contributed by atoms with E-state index in [1.807, 2.05) is 0 Å². The summed E-state index contributed by atoms with van der Waals surface area (Å²) >= 11 is 0. The Balaban J connectivity index is 1.37. The molecule has 3 aromatic rings. The highest BCUT2D eigenvalue weighted by Crippen LogP contribution is 2.28. The minimum absolute atomic E-state index is 0.0506. The standard InChI is InChI=1S/C22H19F2N3O4/c1-30-17-4-2-3-16(10-17)27-12-13(7-21(27)28)22(29)25-11-15-9-20(31-26-15)18-6-5-14(23)8-19(18)24/h2-6,8-10,13H,7,11-12H2,1H3,(H,25,29)/t13-/m1/s1. The van der Waals surface area contributed by atoms with E-state index in [9.17, 15) is 18.4 Å². The smallest absolute Gasteiger partial charge is 0.227 e. The molecule has 0 saturated carbocycles. The van der Waals surface area contributed by atoms with Crippen molar-refractivity contribution >= 4 is 17.5 Å². The summed E-state index contributed by atoms with van der Waals surface area (Å²) in [5.41, 5.74) is 1.12. The van der Waals surface area contributed by atoms with Gasteiger partial charge >= 0.3 is 0 Å². The first-order chi connectivity index (χ1) is 14.9. The molecule has 2 heterocycles. The normalized spacial score (nSPS) is 15.9. The number of hydrogen-bond acceptors (Lipinski definition) is 5. The van der Waals surface area contributed by atoms with Crippen LogP contribution in [0, 0.1) is 17.6 Å². The minimum Gasteiger partial charge on any atom is -0.497 e. The van der Waals surface area contributed by atoms with Crippen LogP contribution in [0.4, 0.5) is 14.5 Å². The summed E-state index contributed by atoms with van der Waals surface area (Å²) in [6.45, 7) is 0.303. The van der Waals surface area contributed by atoms with E-state index in [-0.39, 0.29) is 42.6 Å². The van der Waals surface area contributed by atoms with Crippen molar-refractivity contribution in [1.82, 2.24) is 10.5 Å². The van der Waals surface area contributed by atoms with Crippen LogP contribution in [0.15, 0.2) is 53.1 Å². The highest BCUT2D eigenvalue weighted by molar-refractivity contribution is 6.00. The molecule has 0 radical (unpaired) electrons. The number of carbonyl (C=O) groups is 2. The van der Waals surface area contributed by atoms with Crippen molar-refractivity contribution in [3.05, 3.63) is 65.9 Å². The van der Waals surface area contributed by atoms with Crippen molar-refractivity contribution in [2.75, 3.05) is 18.6 Å². The van der Waals surface area contributed by atoms with E-state index in [4.69, 9.17) is 9.26 Å². The third-order valence-corrected chi connectivity index (χ3v) is 5.06. The number of anilines is 1. The monoisotopic (exact) mass is 427 g/mol. The lowest BCUT2D eigenvalue weighted by molar-refractivity contribution is -0.126. The summed E-state index contributed by atoms with van der Waals surface area (Å²) in [5.74, 6) is -1.67. The molecule has 1 aliphatic heterocycles. The zero-order chi connectivity index (χ0) is 22.0. The summed E-state index contributed by atoms with van der Waals surface area (Å²) in [7, 11) is 1.54. The molecule has 2 amide bonds. The molecule has 1 atom stereocenters. The van der Waals surface area contributed by atoms with E-state index in [2.05, 4.69) is 10.5 Å². The van der Waals surface area contributed by atoms with Gasteiger partial charge in [0.25, 0.3) is 0 Å². The maximum Gasteiger partial charge on any atom is 0.227 e. The van der Waals surface area contributed by atoms with Crippen molar-refractivity contribution in [2.45, 2.75) is 13.0 Å². The lowest BCUT2D eigenvalue weighted by Crippen LogP contribution is -2.32. The molecule has 1 fully saturated rings. The highest BCUT2D eigenvalue weighted by Gasteiger charge is 2.35. The maximum absolute atomic E-state index is 13.9. The van der Waals surface area contributed by atoms with Gasteiger partial charge in [0, 0.05) is 36.9 Å². The second kappa shape index (κ2) is 8.55. The number of halogens is 2. The van der Waals surface area contributed by atoms with Crippen LogP contribution in [-0.4, -0.2) is 30.6 Å². The number of rotatable bonds is 6. The van der Waals surface area contributed by atoms with Gasteiger partial charge in [-0.15, -0.1) is 0 Å². The van der Waals surface area contributed by atoms with Gasteiger partial charge in [-0.1, -0.05) is 11.2 Å². The second-order valence-electron chi connectivity index (χ2n) is 7.13. The third kappa shape index (κ3) is 4.40. The quantitative estimate of drug-likeness (QED) is 0.653. The van der Waals surface area contributed by atoms with Crippen molar-refractivity contribution in [3.63, 3.8) is 0 Å². The molecule has 2 aromatic carbocycles. The molecule has 1 aliphatic rings. The van der Waals surface area contributed by atoms with Gasteiger partial charge in [-0.05, 0) is 24.3 Å². The van der Waals surface area contributed by atoms with Crippen LogP contribution in [0.25, 0.3) is 11.3 Å². The number of hydrogen-bond donors (Lipinski definition) is 1. The summed E-state index contributed by atoms with van der Waals surface area (Å²) in [4.78, 5) is 26.5. The Bertz CT molecular complexity index is 1130. The lowest BCUT2D eigenvalue weighted by Gasteiger charge is -2.17. The summed E-state index contributed by atoms with van der Waals surface area (Å²) in [6, 6.07) is 11.7. The zero-order valence-electron chi connectivity index (χ0n) is 16.6. The molecule has 0 unspecified atom stereocenters. The molecular weight excluding hydrogens is 408 g/mol. The van der Waals surface area contributed by atoms with Crippen LogP contribution >= 0.6 is 0 Å². The van der Waals surface area contributed by atoms with Crippen LogP contribution in [-0.2, 0) is 16.1 Å². The number of ether oxygens (including phenoxy) is 1. The molecule has 0 bridgehead atoms. The van der Waals surface area contributed by atoms with E-state index >= 15 is 0 Å². The highest BCUT2D eigenvalue weighted by atomic mass is 19.1. The number of methoxy groups -OCH3 is 1. The van der Waals surface area contributed by atoms with Crippen LogP contribution in [0.2, 0.25) is 0 Å². The van der Waals surface area contributed by atoms with Crippen LogP contribution in [0.5, 0.6) is 5.75 Å². The molecule has 4 rings (SSSR count). The van der Waals surface area contributed by atoms with Gasteiger partial charge in [-0.2, -0.15) is 0 Å². The van der Waals surface area contributed by atoms with Gasteiger partial charge in [0.15, 0.2) is 5.76 Å². The Morgan fingerprint density at radius 1 is 1.26 bits per heavy atom. The largest absolute Gasteiger partial charge is 0.497 e. The molecular formula is C22H19F2N3O4. The van der Waals surface area contributed by atoms with Gasteiger partial charge in [0.05, 0.1) is 25.1 Å². The van der Waals surface area contributed by atoms with Crippen LogP contribution in [0.1, 0.15) is 12.1 Å². The SMILES string of the molecule is COc1cccc(N2C[C@H](C(=O)NCc3cc(-c4ccc(F)cc4F)on3)CC2=O)c1. The first kappa shape index (κ1) is 20.5. The first-order valence-corrected chi connectivity index (χ1v) is 9.57. The summed E-state index contributed by atoms with van der Waals surface area (Å²) in [5, 5.41) is 6.54. The average molecular weight is 427 g/mol. The minimum atomic E-state index is -0.770. The second-order valence-corrected chi connectivity index (χ2v) is 7.13. The summed E-state index contributed by atoms with van der Waals surface area (Å²) < 4.78 is 37.2. The fourth-order valence-electron chi connectivity index (χ4n) is 3.44. The van der Waals surface area contributed by atoms with Crippen LogP contribution < -0.4 is 15.0 Å². The Morgan fingerprint density at radius 2 is 2.10 bits per heavy atom. The number of benzene rings is 2. The van der Waals surface area contributed by atoms with E-state index in [1.165, 1.54) is 12.1 Å². The Hall–Kier alpha value is -3.75. The van der Waals surface area contributed by atoms with E-state index in [0.717, 1.165) is 12.1 Å². The Labute approximate surface area is 176 Å². The number of aromatic nitrogens is 1. The molecule has 1 aromatic heterocycles. The molecule has 1 N–H and O–H groups in total. The van der Waals surface area contributed by atoms with Gasteiger partial charge < -0.3 is 19.5 Å².